The van der Waals surface area contributed by atoms with E-state index in [1.54, 1.807) is 12.1 Å². The van der Waals surface area contributed by atoms with E-state index in [4.69, 9.17) is 0 Å². The van der Waals surface area contributed by atoms with Gasteiger partial charge in [0.2, 0.25) is 6.20 Å². The summed E-state index contributed by atoms with van der Waals surface area (Å²) in [7, 11) is 0. The monoisotopic (exact) mass is 179 g/mol. The Bertz CT molecular complexity index is 358. The molecule has 1 aromatic rings. The van der Waals surface area contributed by atoms with Gasteiger partial charge in [-0.15, -0.1) is 0 Å². The van der Waals surface area contributed by atoms with Crippen molar-refractivity contribution in [2.75, 3.05) is 0 Å². The summed E-state index contributed by atoms with van der Waals surface area (Å²) in [6, 6.07) is 4.92. The zero-order chi connectivity index (χ0) is 9.84. The van der Waals surface area contributed by atoms with E-state index < -0.39 is 4.92 Å². The Morgan fingerprint density at radius 1 is 1.54 bits per heavy atom. The molecule has 0 unspecified atom stereocenters. The predicted molar refractivity (Wildman–Crippen MR) is 48.9 cm³/mol. The molecule has 0 aliphatic heterocycles. The average Bonchev–Trinajstić information content (AvgIpc) is 2.06. The van der Waals surface area contributed by atoms with Crippen molar-refractivity contribution >= 4 is 6.08 Å². The van der Waals surface area contributed by atoms with Crippen LogP contribution in [-0.4, -0.2) is 10.0 Å². The lowest BCUT2D eigenvalue weighted by atomic mass is 10.1. The van der Waals surface area contributed by atoms with E-state index in [1.165, 1.54) is 12.1 Å². The number of hydrogen-bond donors (Lipinski definition) is 1. The molecule has 0 heterocycles. The maximum Gasteiger partial charge on any atom is 0.235 e. The lowest BCUT2D eigenvalue weighted by molar-refractivity contribution is -0.400. The fraction of sp³-hybridized carbons (Fsp3) is 0.111. The Morgan fingerprint density at radius 3 is 2.85 bits per heavy atom. The van der Waals surface area contributed by atoms with Crippen LogP contribution in [0, 0.1) is 17.0 Å². The summed E-state index contributed by atoms with van der Waals surface area (Å²) >= 11 is 0. The van der Waals surface area contributed by atoms with Crippen LogP contribution in [0.3, 0.4) is 0 Å². The molecule has 13 heavy (non-hydrogen) atoms. The molecule has 68 valence electrons. The first-order chi connectivity index (χ1) is 6.09. The van der Waals surface area contributed by atoms with Crippen molar-refractivity contribution in [2.24, 2.45) is 0 Å². The van der Waals surface area contributed by atoms with Crippen LogP contribution >= 0.6 is 0 Å². The molecule has 0 saturated heterocycles. The molecule has 0 bridgehead atoms. The second-order valence-electron chi connectivity index (χ2n) is 2.66. The first-order valence-corrected chi connectivity index (χ1v) is 3.71. The minimum atomic E-state index is -0.568. The zero-order valence-corrected chi connectivity index (χ0v) is 7.10. The number of hydrogen-bond acceptors (Lipinski definition) is 3. The van der Waals surface area contributed by atoms with E-state index in [0.717, 1.165) is 11.8 Å². The van der Waals surface area contributed by atoms with Gasteiger partial charge in [0.15, 0.2) is 0 Å². The van der Waals surface area contributed by atoms with Gasteiger partial charge in [-0.05, 0) is 19.1 Å². The van der Waals surface area contributed by atoms with Gasteiger partial charge < -0.3 is 5.11 Å². The van der Waals surface area contributed by atoms with Crippen LogP contribution in [-0.2, 0) is 0 Å². The standard InChI is InChI=1S/C9H9NO3/c1-7-2-3-9(11)8(6-7)4-5-10(12)13/h2-6,11H,1H3/b5-4-. The van der Waals surface area contributed by atoms with Crippen LogP contribution < -0.4 is 0 Å². The Labute approximate surface area is 75.3 Å². The molecule has 0 aliphatic carbocycles. The van der Waals surface area contributed by atoms with Gasteiger partial charge in [-0.25, -0.2) is 0 Å². The normalized spacial score (nSPS) is 10.5. The van der Waals surface area contributed by atoms with Crippen LogP contribution in [0.4, 0.5) is 0 Å². The van der Waals surface area contributed by atoms with Crippen LogP contribution in [0.1, 0.15) is 11.1 Å². The topological polar surface area (TPSA) is 63.4 Å². The van der Waals surface area contributed by atoms with Crippen molar-refractivity contribution in [3.8, 4) is 5.75 Å². The Morgan fingerprint density at radius 2 is 2.23 bits per heavy atom. The van der Waals surface area contributed by atoms with Gasteiger partial charge in [0.05, 0.1) is 4.92 Å². The summed E-state index contributed by atoms with van der Waals surface area (Å²) in [5.41, 5.74) is 1.40. The lowest BCUT2D eigenvalue weighted by Gasteiger charge is -1.98. The fourth-order valence-electron chi connectivity index (χ4n) is 0.949. The van der Waals surface area contributed by atoms with Crippen molar-refractivity contribution in [1.29, 1.82) is 0 Å². The molecule has 0 atom stereocenters. The first kappa shape index (κ1) is 9.25. The van der Waals surface area contributed by atoms with Gasteiger partial charge in [0, 0.05) is 11.6 Å². The van der Waals surface area contributed by atoms with E-state index >= 15 is 0 Å². The molecule has 0 aromatic heterocycles. The molecular formula is C9H9NO3. The molecule has 4 heteroatoms. The van der Waals surface area contributed by atoms with Gasteiger partial charge in [-0.1, -0.05) is 11.6 Å². The van der Waals surface area contributed by atoms with E-state index in [-0.39, 0.29) is 5.75 Å². The summed E-state index contributed by atoms with van der Waals surface area (Å²) in [6.07, 6.45) is 2.07. The average molecular weight is 179 g/mol. The third kappa shape index (κ3) is 2.59. The number of benzene rings is 1. The van der Waals surface area contributed by atoms with E-state index in [9.17, 15) is 15.2 Å². The first-order valence-electron chi connectivity index (χ1n) is 3.71. The maximum atomic E-state index is 10.0. The number of rotatable bonds is 2. The minimum Gasteiger partial charge on any atom is -0.507 e. The molecule has 0 aliphatic rings. The van der Waals surface area contributed by atoms with Crippen molar-refractivity contribution in [3.05, 3.63) is 45.6 Å². The molecule has 1 aromatic carbocycles. The molecule has 0 fully saturated rings. The van der Waals surface area contributed by atoms with Gasteiger partial charge in [-0.3, -0.25) is 10.1 Å². The summed E-state index contributed by atoms with van der Waals surface area (Å²) in [5, 5.41) is 19.3. The molecule has 0 amide bonds. The van der Waals surface area contributed by atoms with E-state index in [1.807, 2.05) is 6.92 Å². The van der Waals surface area contributed by atoms with Crippen molar-refractivity contribution in [2.45, 2.75) is 6.92 Å². The predicted octanol–water partition coefficient (Wildman–Crippen LogP) is 1.95. The molecule has 4 nitrogen and oxygen atoms in total. The molecule has 1 rings (SSSR count). The van der Waals surface area contributed by atoms with E-state index in [2.05, 4.69) is 0 Å². The Hall–Kier alpha value is -1.84. The molecule has 0 spiro atoms. The minimum absolute atomic E-state index is 0.0451. The zero-order valence-electron chi connectivity index (χ0n) is 7.10. The number of phenolic OH excluding ortho intramolecular Hbond substituents is 1. The highest BCUT2D eigenvalue weighted by Gasteiger charge is 1.98. The number of phenols is 1. The van der Waals surface area contributed by atoms with Gasteiger partial charge >= 0.3 is 0 Å². The largest absolute Gasteiger partial charge is 0.507 e. The van der Waals surface area contributed by atoms with E-state index in [0.29, 0.717) is 5.56 Å². The third-order valence-electron chi connectivity index (χ3n) is 1.56. The number of aryl methyl sites for hydroxylation is 1. The molecular weight excluding hydrogens is 170 g/mol. The number of nitrogens with zero attached hydrogens (tertiary/aromatic N) is 1. The van der Waals surface area contributed by atoms with Crippen molar-refractivity contribution in [1.82, 2.24) is 0 Å². The lowest BCUT2D eigenvalue weighted by Crippen LogP contribution is -1.83. The van der Waals surface area contributed by atoms with Crippen LogP contribution in [0.25, 0.3) is 6.08 Å². The highest BCUT2D eigenvalue weighted by atomic mass is 16.6. The van der Waals surface area contributed by atoms with Crippen LogP contribution in [0.5, 0.6) is 5.75 Å². The van der Waals surface area contributed by atoms with Gasteiger partial charge in [0.25, 0.3) is 0 Å². The summed E-state index contributed by atoms with van der Waals surface area (Å²) < 4.78 is 0. The second kappa shape index (κ2) is 3.71. The SMILES string of the molecule is Cc1ccc(O)c(/C=C\[N+](=O)[O-])c1. The Balaban J connectivity index is 3.00. The van der Waals surface area contributed by atoms with Crippen molar-refractivity contribution in [3.63, 3.8) is 0 Å². The summed E-state index contributed by atoms with van der Waals surface area (Å²) in [4.78, 5) is 9.44. The number of aromatic hydroxyl groups is 1. The molecule has 1 N–H and O–H groups in total. The highest BCUT2D eigenvalue weighted by molar-refractivity contribution is 5.56. The Kier molecular flexibility index (Phi) is 2.64. The molecule has 0 saturated carbocycles. The van der Waals surface area contributed by atoms with Crippen LogP contribution in [0.15, 0.2) is 24.4 Å². The molecule has 0 radical (unpaired) electrons. The van der Waals surface area contributed by atoms with Crippen LogP contribution in [0.2, 0.25) is 0 Å². The third-order valence-corrected chi connectivity index (χ3v) is 1.56. The summed E-state index contributed by atoms with van der Waals surface area (Å²) in [5.74, 6) is 0.0451. The second-order valence-corrected chi connectivity index (χ2v) is 2.66. The van der Waals surface area contributed by atoms with Gasteiger partial charge in [-0.2, -0.15) is 0 Å². The maximum absolute atomic E-state index is 10.0. The van der Waals surface area contributed by atoms with Crippen molar-refractivity contribution < 1.29 is 10.0 Å². The highest BCUT2D eigenvalue weighted by Crippen LogP contribution is 2.19. The quantitative estimate of drug-likeness (QED) is 0.557. The number of nitro groups is 1. The smallest absolute Gasteiger partial charge is 0.235 e. The fourth-order valence-corrected chi connectivity index (χ4v) is 0.949. The summed E-state index contributed by atoms with van der Waals surface area (Å²) in [6.45, 7) is 1.85. The van der Waals surface area contributed by atoms with Gasteiger partial charge in [0.1, 0.15) is 5.75 Å².